The van der Waals surface area contributed by atoms with Gasteiger partial charge in [0.2, 0.25) is 18.3 Å². The zero-order valence-electron chi connectivity index (χ0n) is 25.4. The Hall–Kier alpha value is -4.15. The van der Waals surface area contributed by atoms with Gasteiger partial charge in [0.1, 0.15) is 30.1 Å². The number of carbonyl (C=O) groups is 1. The number of fused-ring (bicyclic) bond motifs is 2. The van der Waals surface area contributed by atoms with Crippen LogP contribution in [0.2, 0.25) is 5.02 Å². The van der Waals surface area contributed by atoms with Crippen LogP contribution < -0.4 is 0 Å². The average molecular weight is 660 g/mol. The van der Waals surface area contributed by atoms with E-state index in [1.54, 1.807) is 11.0 Å². The van der Waals surface area contributed by atoms with E-state index in [1.807, 2.05) is 30.4 Å². The zero-order valence-corrected chi connectivity index (χ0v) is 26.9. The van der Waals surface area contributed by atoms with Crippen LogP contribution in [0, 0.1) is 29.6 Å². The van der Waals surface area contributed by atoms with Crippen molar-refractivity contribution in [3.63, 3.8) is 0 Å². The van der Waals surface area contributed by atoms with E-state index in [0.717, 1.165) is 24.8 Å². The van der Waals surface area contributed by atoms with Crippen LogP contribution in [0.15, 0.2) is 76.4 Å². The molecule has 3 heterocycles. The number of halogens is 3. The number of amides is 1. The Morgan fingerprint density at radius 3 is 2.78 bits per heavy atom. The second kappa shape index (κ2) is 13.3. The van der Waals surface area contributed by atoms with Crippen LogP contribution in [-0.4, -0.2) is 91.0 Å². The lowest BCUT2D eigenvalue weighted by Gasteiger charge is -2.44. The molecule has 236 valence electrons. The summed E-state index contributed by atoms with van der Waals surface area (Å²) in [7, 11) is 2.06. The molecular weight excluding hydrogens is 626 g/mol. The first kappa shape index (κ1) is 31.8. The molecule has 0 saturated carbocycles. The van der Waals surface area contributed by atoms with E-state index in [0.29, 0.717) is 59.1 Å². The largest absolute Gasteiger partial charge is 0.475 e. The number of dihydropyridines is 1. The highest BCUT2D eigenvalue weighted by Gasteiger charge is 2.42. The monoisotopic (exact) mass is 658 g/mol. The van der Waals surface area contributed by atoms with E-state index >= 15 is 0 Å². The molecule has 3 aliphatic heterocycles. The van der Waals surface area contributed by atoms with Crippen molar-refractivity contribution in [3.05, 3.63) is 99.3 Å². The van der Waals surface area contributed by atoms with Crippen molar-refractivity contribution in [2.45, 2.75) is 31.0 Å². The molecular formula is C35H33Cl2FN6O2. The average Bonchev–Trinajstić information content (AvgIpc) is 3.48. The molecule has 0 bridgehead atoms. The molecule has 0 radical (unpaired) electrons. The van der Waals surface area contributed by atoms with Gasteiger partial charge in [-0.1, -0.05) is 60.1 Å². The van der Waals surface area contributed by atoms with Crippen molar-refractivity contribution >= 4 is 51.4 Å². The summed E-state index contributed by atoms with van der Waals surface area (Å²) in [4.78, 5) is 27.2. The molecule has 8 nitrogen and oxygen atoms in total. The van der Waals surface area contributed by atoms with Crippen LogP contribution >= 0.6 is 23.2 Å². The Balaban J connectivity index is 1.43. The molecule has 1 aliphatic carbocycles. The van der Waals surface area contributed by atoms with Gasteiger partial charge >= 0.3 is 0 Å². The van der Waals surface area contributed by atoms with E-state index < -0.39 is 17.8 Å². The lowest BCUT2D eigenvalue weighted by atomic mass is 9.82. The number of likely N-dealkylation sites (tertiary alicyclic amines) is 1. The molecule has 2 aromatic carbocycles. The molecule has 0 N–H and O–H groups in total. The molecule has 2 saturated heterocycles. The fourth-order valence-corrected chi connectivity index (χ4v) is 7.55. The lowest BCUT2D eigenvalue weighted by Crippen LogP contribution is -2.57. The Kier molecular flexibility index (Phi) is 9.20. The summed E-state index contributed by atoms with van der Waals surface area (Å²) in [5, 5.41) is 12.3. The summed E-state index contributed by atoms with van der Waals surface area (Å²) in [5.41, 5.74) is 2.36. The smallest absolute Gasteiger partial charge is 0.246 e. The fourth-order valence-electron chi connectivity index (χ4n) is 6.98. The van der Waals surface area contributed by atoms with E-state index in [1.165, 1.54) is 12.1 Å². The first-order chi connectivity index (χ1) is 22.2. The van der Waals surface area contributed by atoms with Gasteiger partial charge in [0, 0.05) is 47.7 Å². The number of nitrogens with zero attached hydrogens (tertiary/aromatic N) is 6. The number of likely N-dealkylation sites (N-methyl/N-ethyl adjacent to an activating group) is 1. The van der Waals surface area contributed by atoms with Crippen LogP contribution in [0.5, 0.6) is 0 Å². The predicted octanol–water partition coefficient (Wildman–Crippen LogP) is 6.06. The Bertz CT molecular complexity index is 1800. The SMILES string of the molecule is [C-]#[N+]C[C@H]1CN(C2=C(C#N)C(OC[C@@H]3CCCN3C)=NC3C=C(c4cccc5ccc(F)c(Cl)c45)C(Cl)=CC23)CCN1C(=O)C=C. The van der Waals surface area contributed by atoms with Gasteiger partial charge < -0.3 is 24.3 Å². The number of allylic oxidation sites excluding steroid dienone is 2. The molecule has 0 aromatic heterocycles. The topological polar surface area (TPSA) is 76.5 Å². The predicted molar refractivity (Wildman–Crippen MR) is 179 cm³/mol. The van der Waals surface area contributed by atoms with Crippen LogP contribution in [0.4, 0.5) is 4.39 Å². The van der Waals surface area contributed by atoms with E-state index in [4.69, 9.17) is 39.5 Å². The summed E-state index contributed by atoms with van der Waals surface area (Å²) in [6, 6.07) is 10.3. The van der Waals surface area contributed by atoms with E-state index in [-0.39, 0.29) is 35.5 Å². The summed E-state index contributed by atoms with van der Waals surface area (Å²) in [6.45, 7) is 13.8. The number of nitriles is 1. The summed E-state index contributed by atoms with van der Waals surface area (Å²) in [5.74, 6) is -0.903. The molecule has 1 amide bonds. The van der Waals surface area contributed by atoms with Gasteiger partial charge in [0.25, 0.3) is 0 Å². The number of benzene rings is 2. The molecule has 2 aromatic rings. The van der Waals surface area contributed by atoms with Gasteiger partial charge in [-0.2, -0.15) is 5.26 Å². The lowest BCUT2D eigenvalue weighted by molar-refractivity contribution is -0.130. The highest BCUT2D eigenvalue weighted by Crippen LogP contribution is 2.44. The second-order valence-corrected chi connectivity index (χ2v) is 12.7. The molecule has 2 unspecified atom stereocenters. The van der Waals surface area contributed by atoms with Gasteiger partial charge in [-0.3, -0.25) is 4.79 Å². The van der Waals surface area contributed by atoms with E-state index in [9.17, 15) is 14.4 Å². The number of piperazine rings is 1. The number of hydrogen-bond donors (Lipinski definition) is 0. The molecule has 6 rings (SSSR count). The number of hydrogen-bond acceptors (Lipinski definition) is 6. The molecule has 11 heteroatoms. The van der Waals surface area contributed by atoms with Gasteiger partial charge in [0.15, 0.2) is 0 Å². The summed E-state index contributed by atoms with van der Waals surface area (Å²) >= 11 is 13.5. The standard InChI is InChI=1S/C35H33Cl2FN6O2/c1-4-31(45)44-14-13-43(19-23(44)18-40-2)34-26-15-28(36)25(24-9-5-7-21-10-11-29(38)33(37)32(21)24)16-30(26)41-35(27(34)17-39)46-20-22-8-6-12-42(22)3/h4-5,7,9-11,15-16,22-23,26,30H,1,6,8,12-14,18-20H2,3H3/t22-,23-,26?,30?/m0/s1. The molecule has 0 spiro atoms. The van der Waals surface area contributed by atoms with Crippen molar-refractivity contribution in [3.8, 4) is 6.07 Å². The maximum atomic E-state index is 14.6. The molecule has 2 fully saturated rings. The van der Waals surface area contributed by atoms with Crippen LogP contribution in [0.1, 0.15) is 18.4 Å². The van der Waals surface area contributed by atoms with Crippen LogP contribution in [0.25, 0.3) is 21.2 Å². The minimum atomic E-state index is -0.522. The van der Waals surface area contributed by atoms with Gasteiger partial charge in [-0.15, -0.1) is 0 Å². The number of rotatable bonds is 6. The van der Waals surface area contributed by atoms with Crippen molar-refractivity contribution in [2.24, 2.45) is 10.9 Å². The Labute approximate surface area is 278 Å². The molecule has 46 heavy (non-hydrogen) atoms. The van der Waals surface area contributed by atoms with Crippen molar-refractivity contribution in [1.29, 1.82) is 5.26 Å². The van der Waals surface area contributed by atoms with Crippen molar-refractivity contribution in [1.82, 2.24) is 14.7 Å². The molecule has 4 atom stereocenters. The minimum Gasteiger partial charge on any atom is -0.475 e. The summed E-state index contributed by atoms with van der Waals surface area (Å²) < 4.78 is 21.0. The third-order valence-electron chi connectivity index (χ3n) is 9.34. The van der Waals surface area contributed by atoms with Gasteiger partial charge in [-0.25, -0.2) is 16.0 Å². The van der Waals surface area contributed by atoms with Crippen LogP contribution in [0.3, 0.4) is 0 Å². The summed E-state index contributed by atoms with van der Waals surface area (Å²) in [6.07, 6.45) is 7.16. The normalized spacial score (nSPS) is 24.9. The number of aliphatic imine (C=N–C) groups is 1. The van der Waals surface area contributed by atoms with Crippen molar-refractivity contribution < 1.29 is 13.9 Å². The Morgan fingerprint density at radius 1 is 1.24 bits per heavy atom. The zero-order chi connectivity index (χ0) is 32.5. The second-order valence-electron chi connectivity index (χ2n) is 11.9. The molecule has 4 aliphatic rings. The highest BCUT2D eigenvalue weighted by molar-refractivity contribution is 6.40. The quantitative estimate of drug-likeness (QED) is 0.279. The minimum absolute atomic E-state index is 0.0163. The third kappa shape index (κ3) is 5.80. The fraction of sp³-hybridized carbons (Fsp3) is 0.371. The third-order valence-corrected chi connectivity index (χ3v) is 10.0. The first-order valence-electron chi connectivity index (χ1n) is 15.3. The number of carbonyl (C=O) groups excluding carboxylic acids is 1. The number of ether oxygens (including phenoxy) is 1. The maximum Gasteiger partial charge on any atom is 0.246 e. The van der Waals surface area contributed by atoms with Gasteiger partial charge in [0.05, 0.1) is 11.1 Å². The van der Waals surface area contributed by atoms with Gasteiger partial charge in [-0.05, 0) is 61.2 Å². The first-order valence-corrected chi connectivity index (χ1v) is 16.0. The maximum absolute atomic E-state index is 14.6. The van der Waals surface area contributed by atoms with E-state index in [2.05, 4.69) is 34.3 Å². The van der Waals surface area contributed by atoms with Crippen LogP contribution in [-0.2, 0) is 9.53 Å². The Morgan fingerprint density at radius 2 is 2.07 bits per heavy atom. The van der Waals surface area contributed by atoms with Crippen molar-refractivity contribution in [2.75, 3.05) is 46.4 Å². The highest BCUT2D eigenvalue weighted by atomic mass is 35.5.